The van der Waals surface area contributed by atoms with Crippen molar-refractivity contribution in [3.8, 4) is 56.0 Å². The number of aromatic nitrogens is 1. The molecule has 0 aliphatic rings. The van der Waals surface area contributed by atoms with Crippen LogP contribution in [0.2, 0.25) is 0 Å². The molecule has 12 aromatic rings. The first-order chi connectivity index (χ1) is 31.7. The van der Waals surface area contributed by atoms with Crippen LogP contribution in [-0.4, -0.2) is 4.98 Å². The van der Waals surface area contributed by atoms with Crippen LogP contribution >= 0.6 is 0 Å². The van der Waals surface area contributed by atoms with Crippen LogP contribution in [0, 0.1) is 0 Å². The molecule has 11 aromatic carbocycles. The highest BCUT2D eigenvalue weighted by Gasteiger charge is 2.23. The predicted octanol–water partition coefficient (Wildman–Crippen LogP) is 17.1. The SMILES string of the molecule is c1ccc(-c2ccc(N(c3ccc(-c4cccc5ccccc45)cc3-c3ccccc3)c3ccc(-c4cccc5c4ccc4nc(-c6ccccc6)oc45)c4ccccc34)cc2)cc1. The lowest BCUT2D eigenvalue weighted by Crippen LogP contribution is -2.12. The Labute approximate surface area is 371 Å². The third-order valence-corrected chi connectivity index (χ3v) is 12.5. The summed E-state index contributed by atoms with van der Waals surface area (Å²) in [5.41, 5.74) is 15.2. The molecule has 0 atom stereocenters. The number of anilines is 3. The summed E-state index contributed by atoms with van der Waals surface area (Å²) in [5.74, 6) is 0.625. The normalized spacial score (nSPS) is 11.4. The molecule has 0 aliphatic heterocycles. The summed E-state index contributed by atoms with van der Waals surface area (Å²) < 4.78 is 6.52. The zero-order valence-corrected chi connectivity index (χ0v) is 34.9. The van der Waals surface area contributed by atoms with Crippen LogP contribution in [0.4, 0.5) is 17.1 Å². The molecule has 3 heteroatoms. The number of hydrogen-bond acceptors (Lipinski definition) is 3. The van der Waals surface area contributed by atoms with Gasteiger partial charge in [-0.2, -0.15) is 0 Å². The van der Waals surface area contributed by atoms with Crippen molar-refractivity contribution in [1.82, 2.24) is 4.98 Å². The van der Waals surface area contributed by atoms with Crippen LogP contribution in [0.1, 0.15) is 0 Å². The van der Waals surface area contributed by atoms with Gasteiger partial charge in [-0.25, -0.2) is 4.98 Å². The molecule has 0 unspecified atom stereocenters. The summed E-state index contributed by atoms with van der Waals surface area (Å²) in [6.07, 6.45) is 0. The van der Waals surface area contributed by atoms with E-state index in [2.05, 4.69) is 217 Å². The van der Waals surface area contributed by atoms with Crippen molar-refractivity contribution >= 4 is 60.5 Å². The summed E-state index contributed by atoms with van der Waals surface area (Å²) >= 11 is 0. The fraction of sp³-hybridized carbons (Fsp3) is 0. The zero-order valence-electron chi connectivity index (χ0n) is 34.9. The minimum atomic E-state index is 0.625. The van der Waals surface area contributed by atoms with E-state index in [0.717, 1.165) is 77.5 Å². The van der Waals surface area contributed by atoms with Crippen LogP contribution in [-0.2, 0) is 0 Å². The molecule has 0 amide bonds. The maximum absolute atomic E-state index is 6.52. The second kappa shape index (κ2) is 15.7. The van der Waals surface area contributed by atoms with E-state index >= 15 is 0 Å². The van der Waals surface area contributed by atoms with Gasteiger partial charge in [-0.3, -0.25) is 0 Å². The van der Waals surface area contributed by atoms with Crippen LogP contribution in [0.5, 0.6) is 0 Å². The summed E-state index contributed by atoms with van der Waals surface area (Å²) in [5, 5.41) is 6.93. The number of rotatable bonds is 8. The standard InChI is InChI=1S/C61H40N2O/c1-4-16-41(17-5-1)42-30-33-47(34-31-42)63(59-38-32-46(40-56(59)44-18-6-2-7-19-44)49-27-14-23-43-20-10-11-24-48(43)49)58-39-36-52(51-25-12-13-26-54(51)58)50-28-15-29-55-53(50)35-37-57-60(55)64-61(62-57)45-21-8-3-9-22-45/h1-40H. The maximum atomic E-state index is 6.52. The molecule has 0 bridgehead atoms. The summed E-state index contributed by atoms with van der Waals surface area (Å²) in [6, 6.07) is 86.9. The van der Waals surface area contributed by atoms with Crippen LogP contribution in [0.3, 0.4) is 0 Å². The van der Waals surface area contributed by atoms with E-state index in [-0.39, 0.29) is 0 Å². The second-order valence-corrected chi connectivity index (χ2v) is 16.3. The van der Waals surface area contributed by atoms with Crippen molar-refractivity contribution in [3.63, 3.8) is 0 Å². The quantitative estimate of drug-likeness (QED) is 0.153. The van der Waals surface area contributed by atoms with Gasteiger partial charge < -0.3 is 9.32 Å². The second-order valence-electron chi connectivity index (χ2n) is 16.3. The van der Waals surface area contributed by atoms with Gasteiger partial charge in [0.2, 0.25) is 5.89 Å². The largest absolute Gasteiger partial charge is 0.435 e. The molecular weight excluding hydrogens is 777 g/mol. The first-order valence-electron chi connectivity index (χ1n) is 21.8. The molecule has 0 aliphatic carbocycles. The molecule has 0 fully saturated rings. The maximum Gasteiger partial charge on any atom is 0.227 e. The molecular formula is C61H40N2O. The van der Waals surface area contributed by atoms with E-state index in [1.807, 2.05) is 30.3 Å². The van der Waals surface area contributed by atoms with Crippen LogP contribution < -0.4 is 4.90 Å². The molecule has 64 heavy (non-hydrogen) atoms. The molecule has 300 valence electrons. The highest BCUT2D eigenvalue weighted by molar-refractivity contribution is 6.14. The molecule has 0 saturated heterocycles. The molecule has 0 saturated carbocycles. The fourth-order valence-electron chi connectivity index (χ4n) is 9.46. The average Bonchev–Trinajstić information content (AvgIpc) is 3.83. The Morgan fingerprint density at radius 2 is 0.859 bits per heavy atom. The van der Waals surface area contributed by atoms with Crippen LogP contribution in [0.15, 0.2) is 247 Å². The monoisotopic (exact) mass is 816 g/mol. The van der Waals surface area contributed by atoms with E-state index in [9.17, 15) is 0 Å². The zero-order chi connectivity index (χ0) is 42.4. The van der Waals surface area contributed by atoms with Gasteiger partial charge in [-0.05, 0) is 109 Å². The molecule has 3 nitrogen and oxygen atoms in total. The Balaban J connectivity index is 1.07. The van der Waals surface area contributed by atoms with Gasteiger partial charge in [0.25, 0.3) is 0 Å². The highest BCUT2D eigenvalue weighted by Crippen LogP contribution is 2.48. The Morgan fingerprint density at radius 3 is 1.64 bits per heavy atom. The first kappa shape index (κ1) is 37.2. The number of oxazole rings is 1. The van der Waals surface area contributed by atoms with E-state index in [0.29, 0.717) is 5.89 Å². The molecule has 12 rings (SSSR count). The van der Waals surface area contributed by atoms with E-state index < -0.39 is 0 Å². The minimum Gasteiger partial charge on any atom is -0.435 e. The molecule has 1 heterocycles. The van der Waals surface area contributed by atoms with E-state index in [4.69, 9.17) is 9.40 Å². The minimum absolute atomic E-state index is 0.625. The van der Waals surface area contributed by atoms with Crippen molar-refractivity contribution in [2.24, 2.45) is 0 Å². The van der Waals surface area contributed by atoms with Gasteiger partial charge >= 0.3 is 0 Å². The van der Waals surface area contributed by atoms with Gasteiger partial charge in [0.1, 0.15) is 5.52 Å². The number of benzene rings is 11. The van der Waals surface area contributed by atoms with Gasteiger partial charge in [-0.15, -0.1) is 0 Å². The predicted molar refractivity (Wildman–Crippen MR) is 268 cm³/mol. The average molecular weight is 817 g/mol. The number of fused-ring (bicyclic) bond motifs is 5. The lowest BCUT2D eigenvalue weighted by molar-refractivity contribution is 0.623. The number of hydrogen-bond donors (Lipinski definition) is 0. The van der Waals surface area contributed by atoms with Crippen molar-refractivity contribution in [1.29, 1.82) is 0 Å². The Hall–Kier alpha value is -8.53. The first-order valence-corrected chi connectivity index (χ1v) is 21.8. The summed E-state index contributed by atoms with van der Waals surface area (Å²) in [4.78, 5) is 7.34. The third-order valence-electron chi connectivity index (χ3n) is 12.5. The third kappa shape index (κ3) is 6.50. The number of nitrogens with zero attached hydrogens (tertiary/aromatic N) is 2. The lowest BCUT2D eigenvalue weighted by atomic mass is 9.91. The van der Waals surface area contributed by atoms with Crippen LogP contribution in [0.25, 0.3) is 99.4 Å². The summed E-state index contributed by atoms with van der Waals surface area (Å²) in [6.45, 7) is 0. The van der Waals surface area contributed by atoms with E-state index in [1.165, 1.54) is 33.0 Å². The Bertz CT molecular complexity index is 3650. The van der Waals surface area contributed by atoms with Crippen molar-refractivity contribution < 1.29 is 4.42 Å². The highest BCUT2D eigenvalue weighted by atomic mass is 16.3. The molecule has 1 aromatic heterocycles. The van der Waals surface area contributed by atoms with Gasteiger partial charge in [0, 0.05) is 27.6 Å². The fourth-order valence-corrected chi connectivity index (χ4v) is 9.46. The smallest absolute Gasteiger partial charge is 0.227 e. The Kier molecular flexibility index (Phi) is 9.16. The van der Waals surface area contributed by atoms with Crippen molar-refractivity contribution in [2.45, 2.75) is 0 Å². The summed E-state index contributed by atoms with van der Waals surface area (Å²) in [7, 11) is 0. The van der Waals surface area contributed by atoms with Crippen molar-refractivity contribution in [2.75, 3.05) is 4.90 Å². The van der Waals surface area contributed by atoms with Gasteiger partial charge in [0.05, 0.1) is 11.4 Å². The molecule has 0 N–H and O–H groups in total. The Morgan fingerprint density at radius 1 is 0.312 bits per heavy atom. The molecule has 0 spiro atoms. The van der Waals surface area contributed by atoms with Gasteiger partial charge in [-0.1, -0.05) is 194 Å². The topological polar surface area (TPSA) is 29.3 Å². The van der Waals surface area contributed by atoms with E-state index in [1.54, 1.807) is 0 Å². The molecule has 0 radical (unpaired) electrons. The van der Waals surface area contributed by atoms with Crippen molar-refractivity contribution in [3.05, 3.63) is 243 Å². The van der Waals surface area contributed by atoms with Gasteiger partial charge in [0.15, 0.2) is 5.58 Å². The lowest BCUT2D eigenvalue weighted by Gasteiger charge is -2.30.